The molecule has 1 aromatic rings. The third kappa shape index (κ3) is 3.03. The summed E-state index contributed by atoms with van der Waals surface area (Å²) in [6.45, 7) is 2.94. The SMILES string of the molecule is OC(CNC1CCN2CCCCC12)c1ccc(F)cc1. The van der Waals surface area contributed by atoms with Gasteiger partial charge >= 0.3 is 0 Å². The predicted molar refractivity (Wildman–Crippen MR) is 77.0 cm³/mol. The van der Waals surface area contributed by atoms with Crippen LogP contribution in [0.1, 0.15) is 37.4 Å². The number of halogens is 1. The van der Waals surface area contributed by atoms with E-state index >= 15 is 0 Å². The van der Waals surface area contributed by atoms with Gasteiger partial charge in [0.05, 0.1) is 6.10 Å². The van der Waals surface area contributed by atoms with Crippen molar-refractivity contribution in [2.75, 3.05) is 19.6 Å². The van der Waals surface area contributed by atoms with Crippen LogP contribution in [0, 0.1) is 5.82 Å². The minimum absolute atomic E-state index is 0.262. The summed E-state index contributed by atoms with van der Waals surface area (Å²) in [6, 6.07) is 7.25. The van der Waals surface area contributed by atoms with Crippen molar-refractivity contribution in [1.82, 2.24) is 10.2 Å². The van der Waals surface area contributed by atoms with Crippen molar-refractivity contribution in [1.29, 1.82) is 0 Å². The van der Waals surface area contributed by atoms with Crippen LogP contribution in [0.25, 0.3) is 0 Å². The van der Waals surface area contributed by atoms with Gasteiger partial charge in [-0.25, -0.2) is 4.39 Å². The van der Waals surface area contributed by atoms with E-state index in [1.165, 1.54) is 50.9 Å². The number of piperidine rings is 1. The van der Waals surface area contributed by atoms with E-state index < -0.39 is 6.10 Å². The van der Waals surface area contributed by atoms with Gasteiger partial charge in [0.2, 0.25) is 0 Å². The number of nitrogens with one attached hydrogen (secondary N) is 1. The Labute approximate surface area is 119 Å². The van der Waals surface area contributed by atoms with Crippen molar-refractivity contribution < 1.29 is 9.50 Å². The number of nitrogens with zero attached hydrogens (tertiary/aromatic N) is 1. The normalized spacial score (nSPS) is 28.3. The first-order chi connectivity index (χ1) is 9.74. The van der Waals surface area contributed by atoms with Crippen LogP contribution in [-0.2, 0) is 0 Å². The number of rotatable bonds is 4. The molecule has 2 aliphatic rings. The Morgan fingerprint density at radius 2 is 2.00 bits per heavy atom. The van der Waals surface area contributed by atoms with Crippen LogP contribution in [0.5, 0.6) is 0 Å². The van der Waals surface area contributed by atoms with Gasteiger partial charge in [-0.3, -0.25) is 4.90 Å². The Kier molecular flexibility index (Phi) is 4.34. The second-order valence-electron chi connectivity index (χ2n) is 5.97. The molecule has 3 nitrogen and oxygen atoms in total. The molecule has 0 radical (unpaired) electrons. The lowest BCUT2D eigenvalue weighted by Crippen LogP contribution is -2.45. The van der Waals surface area contributed by atoms with Crippen molar-refractivity contribution in [2.45, 2.75) is 43.9 Å². The van der Waals surface area contributed by atoms with Gasteiger partial charge in [-0.2, -0.15) is 0 Å². The Balaban J connectivity index is 1.52. The maximum atomic E-state index is 12.9. The van der Waals surface area contributed by atoms with Crippen molar-refractivity contribution in [2.24, 2.45) is 0 Å². The molecule has 2 N–H and O–H groups in total. The van der Waals surface area contributed by atoms with E-state index in [2.05, 4.69) is 10.2 Å². The van der Waals surface area contributed by atoms with Gasteiger partial charge < -0.3 is 10.4 Å². The summed E-state index contributed by atoms with van der Waals surface area (Å²) in [6.07, 6.45) is 4.51. The Bertz CT molecular complexity index is 437. The monoisotopic (exact) mass is 278 g/mol. The molecular formula is C16H23FN2O. The van der Waals surface area contributed by atoms with Crippen LogP contribution in [0.3, 0.4) is 0 Å². The highest BCUT2D eigenvalue weighted by molar-refractivity contribution is 5.18. The fourth-order valence-electron chi connectivity index (χ4n) is 3.55. The molecule has 0 amide bonds. The van der Waals surface area contributed by atoms with Gasteiger partial charge in [-0.15, -0.1) is 0 Å². The molecule has 20 heavy (non-hydrogen) atoms. The fourth-order valence-corrected chi connectivity index (χ4v) is 3.55. The first-order valence-corrected chi connectivity index (χ1v) is 7.65. The molecule has 3 atom stereocenters. The van der Waals surface area contributed by atoms with Crippen LogP contribution in [0.2, 0.25) is 0 Å². The van der Waals surface area contributed by atoms with E-state index in [9.17, 15) is 9.50 Å². The van der Waals surface area contributed by atoms with Gasteiger partial charge in [0.25, 0.3) is 0 Å². The van der Waals surface area contributed by atoms with Gasteiger partial charge in [0.15, 0.2) is 0 Å². The summed E-state index contributed by atoms with van der Waals surface area (Å²) in [5, 5.41) is 13.7. The molecule has 0 bridgehead atoms. The second-order valence-corrected chi connectivity index (χ2v) is 5.97. The Hall–Kier alpha value is -0.970. The van der Waals surface area contributed by atoms with E-state index in [1.807, 2.05) is 0 Å². The summed E-state index contributed by atoms with van der Waals surface area (Å²) in [5.74, 6) is -0.262. The number of fused-ring (bicyclic) bond motifs is 1. The zero-order valence-electron chi connectivity index (χ0n) is 11.8. The Morgan fingerprint density at radius 1 is 1.20 bits per heavy atom. The highest BCUT2D eigenvalue weighted by Crippen LogP contribution is 2.27. The van der Waals surface area contributed by atoms with Crippen LogP contribution >= 0.6 is 0 Å². The molecule has 2 saturated heterocycles. The van der Waals surface area contributed by atoms with Crippen molar-refractivity contribution in [3.8, 4) is 0 Å². The summed E-state index contributed by atoms with van der Waals surface area (Å²) < 4.78 is 12.9. The predicted octanol–water partition coefficient (Wildman–Crippen LogP) is 2.08. The van der Waals surface area contributed by atoms with Crippen molar-refractivity contribution in [3.05, 3.63) is 35.6 Å². The summed E-state index contributed by atoms with van der Waals surface area (Å²) in [5.41, 5.74) is 0.775. The van der Waals surface area contributed by atoms with Crippen molar-refractivity contribution >= 4 is 0 Å². The highest BCUT2D eigenvalue weighted by atomic mass is 19.1. The third-order valence-electron chi connectivity index (χ3n) is 4.68. The molecule has 0 aliphatic carbocycles. The van der Waals surface area contributed by atoms with Gasteiger partial charge in [-0.05, 0) is 43.5 Å². The lowest BCUT2D eigenvalue weighted by molar-refractivity contribution is 0.150. The smallest absolute Gasteiger partial charge is 0.123 e. The number of aliphatic hydroxyl groups is 1. The number of hydrogen-bond donors (Lipinski definition) is 2. The van der Waals surface area contributed by atoms with Crippen LogP contribution in [-0.4, -0.2) is 41.7 Å². The molecule has 3 unspecified atom stereocenters. The minimum Gasteiger partial charge on any atom is -0.387 e. The van der Waals surface area contributed by atoms with Crippen molar-refractivity contribution in [3.63, 3.8) is 0 Å². The zero-order chi connectivity index (χ0) is 13.9. The molecular weight excluding hydrogens is 255 g/mol. The van der Waals surface area contributed by atoms with Gasteiger partial charge in [-0.1, -0.05) is 18.6 Å². The molecule has 0 spiro atoms. The van der Waals surface area contributed by atoms with Crippen LogP contribution in [0.15, 0.2) is 24.3 Å². The van der Waals surface area contributed by atoms with E-state index in [4.69, 9.17) is 0 Å². The van der Waals surface area contributed by atoms with Crippen LogP contribution in [0.4, 0.5) is 4.39 Å². The quantitative estimate of drug-likeness (QED) is 0.885. The van der Waals surface area contributed by atoms with Gasteiger partial charge in [0.1, 0.15) is 5.82 Å². The molecule has 2 fully saturated rings. The number of aliphatic hydroxyl groups excluding tert-OH is 1. The first kappa shape index (κ1) is 14.0. The molecule has 3 rings (SSSR count). The fraction of sp³-hybridized carbons (Fsp3) is 0.625. The summed E-state index contributed by atoms with van der Waals surface area (Å²) in [7, 11) is 0. The molecule has 110 valence electrons. The zero-order valence-corrected chi connectivity index (χ0v) is 11.8. The standard InChI is InChI=1S/C16H23FN2O/c17-13-6-4-12(5-7-13)16(20)11-18-14-8-10-19-9-2-1-3-15(14)19/h4-7,14-16,18,20H,1-3,8-11H2. The summed E-state index contributed by atoms with van der Waals surface area (Å²) in [4.78, 5) is 2.57. The van der Waals surface area contributed by atoms with E-state index in [0.717, 1.165) is 5.56 Å². The molecule has 0 saturated carbocycles. The highest BCUT2D eigenvalue weighted by Gasteiger charge is 2.35. The molecule has 0 aromatic heterocycles. The van der Waals surface area contributed by atoms with Crippen LogP contribution < -0.4 is 5.32 Å². The average Bonchev–Trinajstić information content (AvgIpc) is 2.89. The van der Waals surface area contributed by atoms with Gasteiger partial charge in [0, 0.05) is 25.2 Å². The largest absolute Gasteiger partial charge is 0.387 e. The number of hydrogen-bond acceptors (Lipinski definition) is 3. The minimum atomic E-state index is -0.562. The maximum Gasteiger partial charge on any atom is 0.123 e. The maximum absolute atomic E-state index is 12.9. The summed E-state index contributed by atoms with van der Waals surface area (Å²) >= 11 is 0. The lowest BCUT2D eigenvalue weighted by Gasteiger charge is -2.33. The van der Waals surface area contributed by atoms with E-state index in [0.29, 0.717) is 18.6 Å². The molecule has 1 aromatic carbocycles. The van der Waals surface area contributed by atoms with E-state index in [-0.39, 0.29) is 5.82 Å². The topological polar surface area (TPSA) is 35.5 Å². The third-order valence-corrected chi connectivity index (χ3v) is 4.68. The average molecular weight is 278 g/mol. The Morgan fingerprint density at radius 3 is 2.80 bits per heavy atom. The molecule has 2 aliphatic heterocycles. The lowest BCUT2D eigenvalue weighted by atomic mass is 9.98. The second kappa shape index (κ2) is 6.20. The molecule has 4 heteroatoms. The number of benzene rings is 1. The van der Waals surface area contributed by atoms with E-state index in [1.54, 1.807) is 12.1 Å². The molecule has 2 heterocycles. The first-order valence-electron chi connectivity index (χ1n) is 7.65.